The molecule has 1 aliphatic rings. The molecule has 144 valence electrons. The SMILES string of the molecule is Cc1ccc2nc(CSc3nc4c(cnn4C4CCOCC4)c(=O)[nH]3)oc2c1. The van der Waals surface area contributed by atoms with Gasteiger partial charge in [-0.15, -0.1) is 0 Å². The van der Waals surface area contributed by atoms with E-state index in [9.17, 15) is 4.79 Å². The Labute approximate surface area is 164 Å². The highest BCUT2D eigenvalue weighted by atomic mass is 32.2. The van der Waals surface area contributed by atoms with Gasteiger partial charge in [-0.2, -0.15) is 5.10 Å². The molecular weight excluding hydrogens is 378 g/mol. The van der Waals surface area contributed by atoms with Gasteiger partial charge in [0.2, 0.25) is 5.89 Å². The standard InChI is InChI=1S/C19H19N5O3S/c1-11-2-3-14-15(8-11)27-16(21-14)10-28-19-22-17-13(18(25)23-19)9-20-24(17)12-4-6-26-7-5-12/h2-3,8-9,12H,4-7,10H2,1H3,(H,22,23,25). The molecule has 0 radical (unpaired) electrons. The lowest BCUT2D eigenvalue weighted by Gasteiger charge is -2.22. The summed E-state index contributed by atoms with van der Waals surface area (Å²) in [6, 6.07) is 6.13. The first-order valence-corrected chi connectivity index (χ1v) is 10.2. The second-order valence-electron chi connectivity index (χ2n) is 6.91. The summed E-state index contributed by atoms with van der Waals surface area (Å²) in [5.41, 5.74) is 3.16. The molecule has 0 saturated carbocycles. The smallest absolute Gasteiger partial charge is 0.262 e. The van der Waals surface area contributed by atoms with Crippen LogP contribution in [0.4, 0.5) is 0 Å². The lowest BCUT2D eigenvalue weighted by Crippen LogP contribution is -2.21. The minimum Gasteiger partial charge on any atom is -0.440 e. The van der Waals surface area contributed by atoms with Crippen molar-refractivity contribution in [2.75, 3.05) is 13.2 Å². The Kier molecular flexibility index (Phi) is 4.40. The summed E-state index contributed by atoms with van der Waals surface area (Å²) in [6.07, 6.45) is 3.33. The van der Waals surface area contributed by atoms with E-state index in [1.807, 2.05) is 29.8 Å². The monoisotopic (exact) mass is 397 g/mol. The van der Waals surface area contributed by atoms with Gasteiger partial charge in [-0.3, -0.25) is 4.79 Å². The van der Waals surface area contributed by atoms with Gasteiger partial charge in [0.05, 0.1) is 18.0 Å². The molecule has 5 rings (SSSR count). The predicted molar refractivity (Wildman–Crippen MR) is 106 cm³/mol. The number of hydrogen-bond acceptors (Lipinski definition) is 7. The van der Waals surface area contributed by atoms with Gasteiger partial charge in [-0.25, -0.2) is 14.6 Å². The zero-order valence-electron chi connectivity index (χ0n) is 15.3. The minimum atomic E-state index is -0.181. The van der Waals surface area contributed by atoms with Crippen molar-refractivity contribution in [3.05, 3.63) is 46.2 Å². The Balaban J connectivity index is 1.42. The summed E-state index contributed by atoms with van der Waals surface area (Å²) >= 11 is 1.39. The molecule has 1 fully saturated rings. The van der Waals surface area contributed by atoms with E-state index >= 15 is 0 Å². The average molecular weight is 397 g/mol. The van der Waals surface area contributed by atoms with Crippen molar-refractivity contribution in [2.24, 2.45) is 0 Å². The second kappa shape index (κ2) is 7.06. The molecule has 0 spiro atoms. The van der Waals surface area contributed by atoms with Crippen LogP contribution in [-0.4, -0.2) is 37.9 Å². The van der Waals surface area contributed by atoms with Gasteiger partial charge in [0.15, 0.2) is 16.4 Å². The van der Waals surface area contributed by atoms with E-state index in [2.05, 4.69) is 20.1 Å². The zero-order chi connectivity index (χ0) is 19.1. The van der Waals surface area contributed by atoms with Crippen molar-refractivity contribution in [3.63, 3.8) is 0 Å². The van der Waals surface area contributed by atoms with Gasteiger partial charge < -0.3 is 14.1 Å². The van der Waals surface area contributed by atoms with Crippen molar-refractivity contribution in [1.29, 1.82) is 0 Å². The minimum absolute atomic E-state index is 0.181. The number of oxazole rings is 1. The molecule has 1 N–H and O–H groups in total. The lowest BCUT2D eigenvalue weighted by molar-refractivity contribution is 0.0673. The molecule has 1 aromatic carbocycles. The predicted octanol–water partition coefficient (Wildman–Crippen LogP) is 3.21. The number of thioether (sulfide) groups is 1. The molecule has 4 heterocycles. The summed E-state index contributed by atoms with van der Waals surface area (Å²) in [5, 5.41) is 5.45. The third-order valence-corrected chi connectivity index (χ3v) is 5.76. The molecule has 9 heteroatoms. The number of ether oxygens (including phenoxy) is 1. The van der Waals surface area contributed by atoms with Crippen LogP contribution in [0.5, 0.6) is 0 Å². The Morgan fingerprint density at radius 2 is 2.14 bits per heavy atom. The molecule has 0 bridgehead atoms. The summed E-state index contributed by atoms with van der Waals surface area (Å²) < 4.78 is 13.1. The Morgan fingerprint density at radius 1 is 1.29 bits per heavy atom. The van der Waals surface area contributed by atoms with Crippen LogP contribution in [0.15, 0.2) is 38.8 Å². The quantitative estimate of drug-likeness (QED) is 0.417. The van der Waals surface area contributed by atoms with Gasteiger partial charge >= 0.3 is 0 Å². The molecular formula is C19H19N5O3S. The van der Waals surface area contributed by atoms with E-state index < -0.39 is 0 Å². The van der Waals surface area contributed by atoms with E-state index in [0.29, 0.717) is 41.0 Å². The molecule has 4 aromatic rings. The average Bonchev–Trinajstić information content (AvgIpc) is 3.30. The molecule has 3 aromatic heterocycles. The molecule has 0 unspecified atom stereocenters. The maximum absolute atomic E-state index is 12.5. The van der Waals surface area contributed by atoms with Gasteiger partial charge in [-0.1, -0.05) is 17.8 Å². The summed E-state index contributed by atoms with van der Waals surface area (Å²) in [6.45, 7) is 3.42. The lowest BCUT2D eigenvalue weighted by atomic mass is 10.1. The van der Waals surface area contributed by atoms with Crippen LogP contribution < -0.4 is 5.56 Å². The Bertz CT molecular complexity index is 1210. The second-order valence-corrected chi connectivity index (χ2v) is 7.87. The number of aromatic amines is 1. The zero-order valence-corrected chi connectivity index (χ0v) is 16.2. The van der Waals surface area contributed by atoms with E-state index in [1.54, 1.807) is 6.20 Å². The molecule has 0 aliphatic carbocycles. The van der Waals surface area contributed by atoms with Crippen LogP contribution in [0.1, 0.15) is 30.3 Å². The number of rotatable bonds is 4. The maximum Gasteiger partial charge on any atom is 0.262 e. The van der Waals surface area contributed by atoms with E-state index in [-0.39, 0.29) is 11.6 Å². The summed E-state index contributed by atoms with van der Waals surface area (Å²) in [5.74, 6) is 1.08. The maximum atomic E-state index is 12.5. The number of benzene rings is 1. The number of hydrogen-bond donors (Lipinski definition) is 1. The fraction of sp³-hybridized carbons (Fsp3) is 0.368. The third-order valence-electron chi connectivity index (χ3n) is 4.90. The van der Waals surface area contributed by atoms with Crippen LogP contribution in [0.25, 0.3) is 22.1 Å². The Morgan fingerprint density at radius 3 is 3.00 bits per heavy atom. The molecule has 8 nitrogen and oxygen atoms in total. The number of aromatic nitrogens is 5. The van der Waals surface area contributed by atoms with Crippen molar-refractivity contribution in [1.82, 2.24) is 24.7 Å². The fourth-order valence-electron chi connectivity index (χ4n) is 3.45. The van der Waals surface area contributed by atoms with Crippen LogP contribution in [0, 0.1) is 6.92 Å². The first kappa shape index (κ1) is 17.4. The van der Waals surface area contributed by atoms with E-state index in [1.165, 1.54) is 11.8 Å². The van der Waals surface area contributed by atoms with Crippen LogP contribution in [-0.2, 0) is 10.5 Å². The van der Waals surface area contributed by atoms with Crippen LogP contribution in [0.3, 0.4) is 0 Å². The van der Waals surface area contributed by atoms with Gasteiger partial charge in [0, 0.05) is 13.2 Å². The van der Waals surface area contributed by atoms with Gasteiger partial charge in [-0.05, 0) is 37.5 Å². The first-order chi connectivity index (χ1) is 13.7. The van der Waals surface area contributed by atoms with E-state index in [4.69, 9.17) is 9.15 Å². The molecule has 0 amide bonds. The third kappa shape index (κ3) is 3.20. The molecule has 28 heavy (non-hydrogen) atoms. The highest BCUT2D eigenvalue weighted by Gasteiger charge is 2.20. The number of fused-ring (bicyclic) bond motifs is 2. The summed E-state index contributed by atoms with van der Waals surface area (Å²) in [7, 11) is 0. The van der Waals surface area contributed by atoms with Gasteiger partial charge in [0.25, 0.3) is 5.56 Å². The number of nitrogens with zero attached hydrogens (tertiary/aromatic N) is 4. The van der Waals surface area contributed by atoms with Crippen LogP contribution >= 0.6 is 11.8 Å². The first-order valence-electron chi connectivity index (χ1n) is 9.21. The number of H-pyrrole nitrogens is 1. The van der Waals surface area contributed by atoms with Gasteiger partial charge in [0.1, 0.15) is 10.9 Å². The largest absolute Gasteiger partial charge is 0.440 e. The number of aryl methyl sites for hydroxylation is 1. The van der Waals surface area contributed by atoms with Crippen molar-refractivity contribution in [2.45, 2.75) is 36.7 Å². The summed E-state index contributed by atoms with van der Waals surface area (Å²) in [4.78, 5) is 24.4. The van der Waals surface area contributed by atoms with Crippen molar-refractivity contribution < 1.29 is 9.15 Å². The highest BCUT2D eigenvalue weighted by Crippen LogP contribution is 2.26. The van der Waals surface area contributed by atoms with Crippen LogP contribution in [0.2, 0.25) is 0 Å². The molecule has 1 saturated heterocycles. The molecule has 1 aliphatic heterocycles. The normalized spacial score (nSPS) is 15.6. The highest BCUT2D eigenvalue weighted by molar-refractivity contribution is 7.98. The Hall–Kier alpha value is -2.65. The van der Waals surface area contributed by atoms with Crippen molar-refractivity contribution in [3.8, 4) is 0 Å². The molecule has 0 atom stereocenters. The van der Waals surface area contributed by atoms with E-state index in [0.717, 1.165) is 29.5 Å². The van der Waals surface area contributed by atoms with Crippen molar-refractivity contribution >= 4 is 33.9 Å². The topological polar surface area (TPSA) is 98.8 Å². The number of nitrogens with one attached hydrogen (secondary N) is 1. The fourth-order valence-corrected chi connectivity index (χ4v) is 4.15.